The molecule has 3 heterocycles. The van der Waals surface area contributed by atoms with Gasteiger partial charge in [-0.2, -0.15) is 0 Å². The second-order valence-electron chi connectivity index (χ2n) is 5.42. The molecule has 3 nitrogen and oxygen atoms in total. The van der Waals surface area contributed by atoms with Gasteiger partial charge in [0.25, 0.3) is 5.56 Å². The van der Waals surface area contributed by atoms with Gasteiger partial charge in [-0.1, -0.05) is 13.0 Å². The van der Waals surface area contributed by atoms with E-state index < -0.39 is 0 Å². The van der Waals surface area contributed by atoms with Crippen molar-refractivity contribution < 1.29 is 0 Å². The van der Waals surface area contributed by atoms with Gasteiger partial charge in [0, 0.05) is 4.88 Å². The topological polar surface area (TPSA) is 45.8 Å². The number of hydrogen-bond donors (Lipinski definition) is 1. The molecule has 0 spiro atoms. The fourth-order valence-electron chi connectivity index (χ4n) is 2.88. The molecule has 0 saturated carbocycles. The summed E-state index contributed by atoms with van der Waals surface area (Å²) >= 11 is 3.30. The Kier molecular flexibility index (Phi) is 2.79. The molecule has 0 fully saturated rings. The van der Waals surface area contributed by atoms with Crippen LogP contribution < -0.4 is 5.56 Å². The third-order valence-corrected chi connectivity index (χ3v) is 5.94. The van der Waals surface area contributed by atoms with Crippen LogP contribution in [-0.2, 0) is 12.8 Å². The maximum Gasteiger partial charge on any atom is 0.260 e. The van der Waals surface area contributed by atoms with E-state index in [1.165, 1.54) is 16.9 Å². The van der Waals surface area contributed by atoms with Crippen LogP contribution in [-0.4, -0.2) is 9.97 Å². The minimum Gasteiger partial charge on any atom is -0.305 e. The number of fused-ring (bicyclic) bond motifs is 3. The van der Waals surface area contributed by atoms with E-state index in [1.807, 2.05) is 17.5 Å². The van der Waals surface area contributed by atoms with Crippen molar-refractivity contribution in [1.82, 2.24) is 9.97 Å². The fraction of sp³-hybridized carbons (Fsp3) is 0.333. The van der Waals surface area contributed by atoms with Crippen LogP contribution in [0.2, 0.25) is 0 Å². The Hall–Kier alpha value is -1.46. The molecule has 3 aromatic heterocycles. The van der Waals surface area contributed by atoms with Crippen LogP contribution in [0.25, 0.3) is 20.9 Å². The van der Waals surface area contributed by atoms with Gasteiger partial charge in [0.05, 0.1) is 10.3 Å². The highest BCUT2D eigenvalue weighted by Gasteiger charge is 2.23. The van der Waals surface area contributed by atoms with Crippen molar-refractivity contribution in [2.24, 2.45) is 5.92 Å². The first-order chi connectivity index (χ1) is 9.72. The molecular weight excluding hydrogens is 288 g/mol. The summed E-state index contributed by atoms with van der Waals surface area (Å²) in [6, 6.07) is 3.97. The number of aromatic nitrogens is 2. The van der Waals surface area contributed by atoms with Gasteiger partial charge in [-0.15, -0.1) is 22.7 Å². The molecule has 0 aliphatic heterocycles. The van der Waals surface area contributed by atoms with Crippen molar-refractivity contribution >= 4 is 32.9 Å². The summed E-state index contributed by atoms with van der Waals surface area (Å²) in [4.78, 5) is 23.3. The number of aromatic amines is 1. The van der Waals surface area contributed by atoms with Crippen LogP contribution in [0.1, 0.15) is 23.8 Å². The van der Waals surface area contributed by atoms with Crippen molar-refractivity contribution in [2.45, 2.75) is 26.2 Å². The standard InChI is InChI=1S/C15H14N2OS2/c1-8-4-5-9-11(7-8)20-15-12(9)14(18)16-13(17-15)10-3-2-6-19-10/h2-3,6,8H,4-5,7H2,1H3,(H,16,17,18). The van der Waals surface area contributed by atoms with Gasteiger partial charge < -0.3 is 4.98 Å². The predicted molar refractivity (Wildman–Crippen MR) is 84.7 cm³/mol. The zero-order valence-corrected chi connectivity index (χ0v) is 12.7. The van der Waals surface area contributed by atoms with Crippen molar-refractivity contribution in [1.29, 1.82) is 0 Å². The number of rotatable bonds is 1. The van der Waals surface area contributed by atoms with E-state index in [-0.39, 0.29) is 5.56 Å². The van der Waals surface area contributed by atoms with Gasteiger partial charge in [-0.05, 0) is 42.2 Å². The van der Waals surface area contributed by atoms with Crippen LogP contribution in [0.5, 0.6) is 0 Å². The molecule has 0 saturated heterocycles. The summed E-state index contributed by atoms with van der Waals surface area (Å²) in [7, 11) is 0. The number of nitrogens with zero attached hydrogens (tertiary/aromatic N) is 1. The molecule has 4 rings (SSSR count). The van der Waals surface area contributed by atoms with E-state index in [9.17, 15) is 4.79 Å². The number of H-pyrrole nitrogens is 1. The molecule has 20 heavy (non-hydrogen) atoms. The van der Waals surface area contributed by atoms with Crippen molar-refractivity contribution in [3.05, 3.63) is 38.3 Å². The Morgan fingerprint density at radius 1 is 1.45 bits per heavy atom. The van der Waals surface area contributed by atoms with Crippen LogP contribution in [0, 0.1) is 5.92 Å². The fourth-order valence-corrected chi connectivity index (χ4v) is 4.93. The lowest BCUT2D eigenvalue weighted by molar-refractivity contribution is 0.509. The third-order valence-electron chi connectivity index (χ3n) is 3.92. The lowest BCUT2D eigenvalue weighted by atomic mass is 9.89. The maximum atomic E-state index is 12.4. The molecule has 1 aliphatic carbocycles. The molecule has 0 aromatic carbocycles. The number of thiophene rings is 2. The van der Waals surface area contributed by atoms with E-state index >= 15 is 0 Å². The van der Waals surface area contributed by atoms with Gasteiger partial charge in [-0.25, -0.2) is 4.98 Å². The minimum absolute atomic E-state index is 0.0189. The van der Waals surface area contributed by atoms with E-state index in [4.69, 9.17) is 0 Å². The maximum absolute atomic E-state index is 12.4. The minimum atomic E-state index is 0.0189. The molecule has 1 unspecified atom stereocenters. The monoisotopic (exact) mass is 302 g/mol. The highest BCUT2D eigenvalue weighted by Crippen LogP contribution is 2.36. The summed E-state index contributed by atoms with van der Waals surface area (Å²) in [5.74, 6) is 1.41. The van der Waals surface area contributed by atoms with Crippen LogP contribution >= 0.6 is 22.7 Å². The van der Waals surface area contributed by atoms with Crippen molar-refractivity contribution in [3.8, 4) is 10.7 Å². The Labute approximate surface area is 124 Å². The molecule has 0 radical (unpaired) electrons. The Morgan fingerprint density at radius 2 is 2.35 bits per heavy atom. The number of nitrogens with one attached hydrogen (secondary N) is 1. The predicted octanol–water partition coefficient (Wildman–Crippen LogP) is 3.84. The van der Waals surface area contributed by atoms with E-state index in [1.54, 1.807) is 22.7 Å². The molecule has 1 N–H and O–H groups in total. The third kappa shape index (κ3) is 1.84. The normalized spacial score (nSPS) is 18.4. The lowest BCUT2D eigenvalue weighted by Crippen LogP contribution is -2.13. The molecule has 3 aromatic rings. The van der Waals surface area contributed by atoms with Gasteiger partial charge in [0.1, 0.15) is 4.83 Å². The van der Waals surface area contributed by atoms with Gasteiger partial charge >= 0.3 is 0 Å². The Balaban J connectivity index is 1.96. The molecule has 1 atom stereocenters. The Bertz CT molecular complexity index is 830. The zero-order chi connectivity index (χ0) is 13.7. The van der Waals surface area contributed by atoms with E-state index in [2.05, 4.69) is 16.9 Å². The largest absolute Gasteiger partial charge is 0.305 e. The van der Waals surface area contributed by atoms with Crippen molar-refractivity contribution in [3.63, 3.8) is 0 Å². The average molecular weight is 302 g/mol. The van der Waals surface area contributed by atoms with E-state index in [0.717, 1.165) is 27.9 Å². The molecule has 5 heteroatoms. The van der Waals surface area contributed by atoms with Gasteiger partial charge in [0.2, 0.25) is 0 Å². The summed E-state index contributed by atoms with van der Waals surface area (Å²) in [5, 5.41) is 2.83. The molecule has 1 aliphatic rings. The summed E-state index contributed by atoms with van der Waals surface area (Å²) in [6.07, 6.45) is 3.27. The summed E-state index contributed by atoms with van der Waals surface area (Å²) < 4.78 is 0. The highest BCUT2D eigenvalue weighted by molar-refractivity contribution is 7.19. The average Bonchev–Trinajstić information content (AvgIpc) is 3.04. The number of hydrogen-bond acceptors (Lipinski definition) is 4. The van der Waals surface area contributed by atoms with Crippen LogP contribution in [0.3, 0.4) is 0 Å². The molecule has 102 valence electrons. The summed E-state index contributed by atoms with van der Waals surface area (Å²) in [6.45, 7) is 2.28. The van der Waals surface area contributed by atoms with E-state index in [0.29, 0.717) is 11.7 Å². The van der Waals surface area contributed by atoms with Gasteiger partial charge in [-0.3, -0.25) is 4.79 Å². The second-order valence-corrected chi connectivity index (χ2v) is 7.46. The quantitative estimate of drug-likeness (QED) is 0.742. The van der Waals surface area contributed by atoms with Crippen LogP contribution in [0.15, 0.2) is 22.3 Å². The SMILES string of the molecule is CC1CCc2c(sc3nc(-c4cccs4)[nH]c(=O)c23)C1. The zero-order valence-electron chi connectivity index (χ0n) is 11.1. The van der Waals surface area contributed by atoms with Crippen LogP contribution in [0.4, 0.5) is 0 Å². The highest BCUT2D eigenvalue weighted by atomic mass is 32.1. The molecule has 0 bridgehead atoms. The smallest absolute Gasteiger partial charge is 0.260 e. The summed E-state index contributed by atoms with van der Waals surface area (Å²) in [5.41, 5.74) is 1.26. The first-order valence-corrected chi connectivity index (χ1v) is 8.50. The lowest BCUT2D eigenvalue weighted by Gasteiger charge is -2.17. The first-order valence-electron chi connectivity index (χ1n) is 6.81. The first kappa shape index (κ1) is 12.3. The molecular formula is C15H14N2OS2. The Morgan fingerprint density at radius 3 is 3.15 bits per heavy atom. The number of aryl methyl sites for hydroxylation is 1. The van der Waals surface area contributed by atoms with Gasteiger partial charge in [0.15, 0.2) is 5.82 Å². The second kappa shape index (κ2) is 4.53. The molecule has 0 amide bonds. The van der Waals surface area contributed by atoms with Crippen molar-refractivity contribution in [2.75, 3.05) is 0 Å².